The van der Waals surface area contributed by atoms with Gasteiger partial charge in [-0.25, -0.2) is 0 Å². The molecule has 4 amide bonds. The minimum absolute atomic E-state index is 0.249. The number of hydrogen-bond donors (Lipinski definition) is 2. The van der Waals surface area contributed by atoms with E-state index < -0.39 is 23.6 Å². The monoisotopic (exact) mass is 833 g/mol. The number of carbonyl (C=O) groups excluding carboxylic acids is 4. The number of rotatable bonds is 15. The summed E-state index contributed by atoms with van der Waals surface area (Å²) >= 11 is 0. The van der Waals surface area contributed by atoms with Crippen LogP contribution in [0.15, 0.2) is 63.6 Å². The summed E-state index contributed by atoms with van der Waals surface area (Å²) < 4.78 is 17.0. The van der Waals surface area contributed by atoms with Crippen molar-refractivity contribution >= 4 is 45.7 Å². The van der Waals surface area contributed by atoms with Crippen LogP contribution in [0.1, 0.15) is 87.2 Å². The Morgan fingerprint density at radius 1 is 0.705 bits per heavy atom. The van der Waals surface area contributed by atoms with E-state index in [-0.39, 0.29) is 12.1 Å². The molecular weight excluding hydrogens is 779 g/mol. The molecule has 0 unspecified atom stereocenters. The topological polar surface area (TPSA) is 213 Å². The molecule has 0 aliphatic carbocycles. The Bertz CT molecular complexity index is 2890. The van der Waals surface area contributed by atoms with Crippen LogP contribution in [-0.2, 0) is 40.3 Å². The van der Waals surface area contributed by atoms with Gasteiger partial charge in [-0.3, -0.25) is 28.5 Å². The third-order valence-electron chi connectivity index (χ3n) is 10.7. The van der Waals surface area contributed by atoms with Crippen LogP contribution in [-0.4, -0.2) is 93.6 Å². The summed E-state index contributed by atoms with van der Waals surface area (Å²) in [5, 5.41) is 8.90. The fraction of sp³-hybridized carbons (Fsp3) is 0.395. The van der Waals surface area contributed by atoms with Crippen LogP contribution in [0.5, 0.6) is 5.75 Å². The van der Waals surface area contributed by atoms with Gasteiger partial charge < -0.3 is 39.4 Å². The first-order chi connectivity index (χ1) is 28.9. The van der Waals surface area contributed by atoms with Crippen LogP contribution in [0, 0.1) is 13.8 Å². The molecule has 4 aromatic heterocycles. The largest absolute Gasteiger partial charge is 0.491 e. The van der Waals surface area contributed by atoms with Crippen molar-refractivity contribution in [3.63, 3.8) is 0 Å². The standard InChI is InChI=1S/C43H55N13O5/c1-11-55-34(18-27(5)48-55)40(59)46-42-51(9)32-20-29(38(44)57)14-15-31(32)53(42)23-25(3)26(4)24-54-37-33(21-30(39(45)58)22-36(37)61-17-13-16-50(7)8)52(10)43(54)47-41(60)35-19-28(6)49-56(35)12-2/h14-15,18-22H,11-13,16-17,23-24H2,1-10H3,(H2,44,57)(H2,45,58)/b26-25+,46-42?,47-43?. The predicted molar refractivity (Wildman–Crippen MR) is 231 cm³/mol. The second-order valence-corrected chi connectivity index (χ2v) is 15.5. The van der Waals surface area contributed by atoms with Gasteiger partial charge in [0.2, 0.25) is 23.1 Å². The van der Waals surface area contributed by atoms with E-state index in [1.807, 2.05) is 64.8 Å². The Kier molecular flexibility index (Phi) is 12.8. The maximum atomic E-state index is 14.0. The number of carbonyl (C=O) groups is 4. The maximum Gasteiger partial charge on any atom is 0.298 e. The van der Waals surface area contributed by atoms with Gasteiger partial charge in [-0.1, -0.05) is 11.1 Å². The molecule has 6 rings (SSSR count). The van der Waals surface area contributed by atoms with Crippen LogP contribution < -0.4 is 27.4 Å². The van der Waals surface area contributed by atoms with E-state index in [9.17, 15) is 19.2 Å². The van der Waals surface area contributed by atoms with Gasteiger partial charge in [-0.05, 0) is 105 Å². The number of fused-ring (bicyclic) bond motifs is 2. The smallest absolute Gasteiger partial charge is 0.298 e. The van der Waals surface area contributed by atoms with Crippen LogP contribution >= 0.6 is 0 Å². The molecule has 61 heavy (non-hydrogen) atoms. The molecule has 0 bridgehead atoms. The summed E-state index contributed by atoms with van der Waals surface area (Å²) in [6.07, 6.45) is 0.718. The third-order valence-corrected chi connectivity index (χ3v) is 10.7. The molecule has 4 heterocycles. The first-order valence-electron chi connectivity index (χ1n) is 20.2. The highest BCUT2D eigenvalue weighted by Crippen LogP contribution is 2.29. The zero-order chi connectivity index (χ0) is 44.4. The second-order valence-electron chi connectivity index (χ2n) is 15.5. The zero-order valence-corrected chi connectivity index (χ0v) is 36.6. The van der Waals surface area contributed by atoms with E-state index in [4.69, 9.17) is 21.2 Å². The van der Waals surface area contributed by atoms with Gasteiger partial charge in [0.1, 0.15) is 22.7 Å². The van der Waals surface area contributed by atoms with E-state index in [0.717, 1.165) is 29.6 Å². The highest BCUT2D eigenvalue weighted by molar-refractivity contribution is 5.99. The molecule has 0 saturated heterocycles. The Labute approximate surface area is 353 Å². The SMILES string of the molecule is CCn1nc(C)cc1C(=O)N=c1n(C)c2cc(C(N)=O)ccc2n1C/C(C)=C(\C)Cn1c(=NC(=O)c2cc(C)nn2CC)n(C)c2cc(C(N)=O)cc(OCCCN(C)C)c21. The highest BCUT2D eigenvalue weighted by Gasteiger charge is 2.22. The van der Waals surface area contributed by atoms with E-state index in [1.165, 1.54) is 0 Å². The summed E-state index contributed by atoms with van der Waals surface area (Å²) in [5.41, 5.74) is 19.2. The number of aromatic nitrogens is 8. The lowest BCUT2D eigenvalue weighted by atomic mass is 10.1. The number of primary amides is 2. The van der Waals surface area contributed by atoms with E-state index in [0.29, 0.717) is 88.1 Å². The summed E-state index contributed by atoms with van der Waals surface area (Å²) in [7, 11) is 7.53. The number of nitrogens with zero attached hydrogens (tertiary/aromatic N) is 11. The first kappa shape index (κ1) is 43.8. The van der Waals surface area contributed by atoms with Crippen molar-refractivity contribution in [3.8, 4) is 5.75 Å². The molecule has 18 heteroatoms. The first-order valence-corrected chi connectivity index (χ1v) is 20.2. The summed E-state index contributed by atoms with van der Waals surface area (Å²) in [4.78, 5) is 64.1. The normalized spacial score (nSPS) is 12.9. The molecule has 0 saturated carbocycles. The number of ether oxygens (including phenoxy) is 1. The number of imidazole rings is 2. The van der Waals surface area contributed by atoms with Gasteiger partial charge in [-0.15, -0.1) is 0 Å². The molecule has 2 aromatic carbocycles. The highest BCUT2D eigenvalue weighted by atomic mass is 16.5. The molecule has 0 aliphatic rings. The van der Waals surface area contributed by atoms with E-state index in [2.05, 4.69) is 20.1 Å². The molecule has 322 valence electrons. The van der Waals surface area contributed by atoms with Crippen molar-refractivity contribution in [2.75, 3.05) is 27.2 Å². The van der Waals surface area contributed by atoms with Crippen LogP contribution in [0.2, 0.25) is 0 Å². The van der Waals surface area contributed by atoms with Gasteiger partial charge in [0, 0.05) is 57.9 Å². The zero-order valence-electron chi connectivity index (χ0n) is 36.6. The number of hydrogen-bond acceptors (Lipinski definition) is 8. The van der Waals surface area contributed by atoms with E-state index >= 15 is 0 Å². The number of amides is 4. The Balaban J connectivity index is 1.54. The minimum Gasteiger partial charge on any atom is -0.491 e. The predicted octanol–water partition coefficient (Wildman–Crippen LogP) is 3.37. The number of benzene rings is 2. The lowest BCUT2D eigenvalue weighted by molar-refractivity contribution is 0.0977. The van der Waals surface area contributed by atoms with E-state index in [1.54, 1.807) is 75.1 Å². The second kappa shape index (κ2) is 17.8. The van der Waals surface area contributed by atoms with Crippen molar-refractivity contribution in [1.82, 2.24) is 42.7 Å². The molecule has 18 nitrogen and oxygen atoms in total. The van der Waals surface area contributed by atoms with Crippen molar-refractivity contribution in [2.24, 2.45) is 35.5 Å². The Morgan fingerprint density at radius 2 is 1.21 bits per heavy atom. The molecule has 0 aliphatic heterocycles. The van der Waals surface area contributed by atoms with Crippen molar-refractivity contribution in [2.45, 2.75) is 74.1 Å². The number of allylic oxidation sites excluding steroid dienone is 2. The molecular formula is C43H55N13O5. The summed E-state index contributed by atoms with van der Waals surface area (Å²) in [5.74, 6) is -1.74. The maximum absolute atomic E-state index is 14.0. The van der Waals surface area contributed by atoms with Crippen molar-refractivity contribution in [3.05, 3.63) is 98.7 Å². The van der Waals surface area contributed by atoms with Gasteiger partial charge >= 0.3 is 0 Å². The van der Waals surface area contributed by atoms with Crippen LogP contribution in [0.3, 0.4) is 0 Å². The number of aryl methyl sites for hydroxylation is 6. The molecule has 6 aromatic rings. The lowest BCUT2D eigenvalue weighted by Crippen LogP contribution is -2.28. The van der Waals surface area contributed by atoms with Gasteiger partial charge in [-0.2, -0.15) is 20.2 Å². The van der Waals surface area contributed by atoms with Crippen molar-refractivity contribution in [1.29, 1.82) is 0 Å². The van der Waals surface area contributed by atoms with Crippen LogP contribution in [0.25, 0.3) is 22.1 Å². The Morgan fingerprint density at radius 3 is 1.74 bits per heavy atom. The lowest BCUT2D eigenvalue weighted by Gasteiger charge is -2.15. The molecule has 0 radical (unpaired) electrons. The Hall–Kier alpha value is -6.82. The molecule has 0 spiro atoms. The quantitative estimate of drug-likeness (QED) is 0.115. The van der Waals surface area contributed by atoms with Gasteiger partial charge in [0.05, 0.1) is 34.5 Å². The van der Waals surface area contributed by atoms with Crippen LogP contribution in [0.4, 0.5) is 0 Å². The molecule has 0 atom stereocenters. The number of nitrogens with two attached hydrogens (primary N) is 2. The fourth-order valence-electron chi connectivity index (χ4n) is 7.43. The van der Waals surface area contributed by atoms with Crippen molar-refractivity contribution < 1.29 is 23.9 Å². The molecule has 0 fully saturated rings. The minimum atomic E-state index is -0.624. The molecule has 4 N–H and O–H groups in total. The van der Waals surface area contributed by atoms with Gasteiger partial charge in [0.25, 0.3) is 11.8 Å². The summed E-state index contributed by atoms with van der Waals surface area (Å²) in [6.45, 7) is 14.1. The average Bonchev–Trinajstić information content (AvgIpc) is 3.94. The fourth-order valence-corrected chi connectivity index (χ4v) is 7.43. The van der Waals surface area contributed by atoms with Gasteiger partial charge in [0.15, 0.2) is 0 Å². The third kappa shape index (κ3) is 8.89. The average molecular weight is 834 g/mol. The summed E-state index contributed by atoms with van der Waals surface area (Å²) in [6, 6.07) is 11.9.